The van der Waals surface area contributed by atoms with Crippen molar-refractivity contribution in [1.29, 1.82) is 0 Å². The Kier molecular flexibility index (Phi) is 4.95. The Balaban J connectivity index is 2.00. The van der Waals surface area contributed by atoms with Crippen molar-refractivity contribution in [2.75, 3.05) is 31.2 Å². The molecule has 0 unspecified atom stereocenters. The third kappa shape index (κ3) is 3.79. The number of benzene rings is 1. The van der Waals surface area contributed by atoms with Crippen LogP contribution in [0.4, 0.5) is 0 Å². The van der Waals surface area contributed by atoms with Crippen LogP contribution < -0.4 is 9.64 Å². The lowest BCUT2D eigenvalue weighted by molar-refractivity contribution is -0.910. The predicted octanol–water partition coefficient (Wildman–Crippen LogP) is 1.38. The molecule has 1 heterocycles. The van der Waals surface area contributed by atoms with E-state index in [0.29, 0.717) is 6.61 Å². The number of nitrogens with one attached hydrogen (secondary N) is 1. The summed E-state index contributed by atoms with van der Waals surface area (Å²) in [6.07, 6.45) is 1.79. The molecule has 0 saturated carbocycles. The highest BCUT2D eigenvalue weighted by Gasteiger charge is 2.16. The van der Waals surface area contributed by atoms with Gasteiger partial charge in [-0.3, -0.25) is 0 Å². The van der Waals surface area contributed by atoms with Gasteiger partial charge >= 0.3 is 0 Å². The number of hydrogen-bond acceptors (Lipinski definition) is 2. The fourth-order valence-electron chi connectivity index (χ4n) is 2.05. The maximum absolute atomic E-state index is 5.69. The topological polar surface area (TPSA) is 13.7 Å². The van der Waals surface area contributed by atoms with E-state index in [2.05, 4.69) is 36.5 Å². The molecule has 1 saturated heterocycles. The highest BCUT2D eigenvalue weighted by molar-refractivity contribution is 7.99. The first-order chi connectivity index (χ1) is 8.40. The summed E-state index contributed by atoms with van der Waals surface area (Å²) in [5, 5.41) is 0. The van der Waals surface area contributed by atoms with Crippen molar-refractivity contribution in [3.05, 3.63) is 42.5 Å². The van der Waals surface area contributed by atoms with Gasteiger partial charge < -0.3 is 9.64 Å². The van der Waals surface area contributed by atoms with Gasteiger partial charge in [-0.15, -0.1) is 0 Å². The Morgan fingerprint density at radius 2 is 2.06 bits per heavy atom. The third-order valence-corrected chi connectivity index (χ3v) is 3.96. The highest BCUT2D eigenvalue weighted by atomic mass is 32.2. The van der Waals surface area contributed by atoms with Crippen LogP contribution in [0.3, 0.4) is 0 Å². The van der Waals surface area contributed by atoms with Gasteiger partial charge in [-0.25, -0.2) is 0 Å². The molecule has 0 aliphatic carbocycles. The van der Waals surface area contributed by atoms with Gasteiger partial charge in [0.25, 0.3) is 0 Å². The van der Waals surface area contributed by atoms with E-state index in [9.17, 15) is 0 Å². The van der Waals surface area contributed by atoms with Crippen molar-refractivity contribution in [2.24, 2.45) is 0 Å². The Morgan fingerprint density at radius 1 is 1.29 bits per heavy atom. The molecule has 1 aromatic rings. The SMILES string of the molecule is C=CCOc1ccccc1C[NH+]1CCSCC1. The van der Waals surface area contributed by atoms with Crippen molar-refractivity contribution in [3.63, 3.8) is 0 Å². The molecule has 0 spiro atoms. The molecule has 0 aromatic heterocycles. The smallest absolute Gasteiger partial charge is 0.128 e. The van der Waals surface area contributed by atoms with Crippen LogP contribution in [0.2, 0.25) is 0 Å². The third-order valence-electron chi connectivity index (χ3n) is 2.97. The van der Waals surface area contributed by atoms with E-state index >= 15 is 0 Å². The lowest BCUT2D eigenvalue weighted by Crippen LogP contribution is -3.12. The van der Waals surface area contributed by atoms with Crippen LogP contribution in [0.25, 0.3) is 0 Å². The number of quaternary nitrogens is 1. The quantitative estimate of drug-likeness (QED) is 0.794. The van der Waals surface area contributed by atoms with Gasteiger partial charge in [0.1, 0.15) is 18.9 Å². The molecular weight excluding hydrogens is 230 g/mol. The zero-order valence-corrected chi connectivity index (χ0v) is 11.0. The van der Waals surface area contributed by atoms with E-state index < -0.39 is 0 Å². The lowest BCUT2D eigenvalue weighted by Gasteiger charge is -2.24. The summed E-state index contributed by atoms with van der Waals surface area (Å²) in [5.74, 6) is 3.58. The Labute approximate surface area is 108 Å². The maximum atomic E-state index is 5.69. The molecule has 0 radical (unpaired) electrons. The molecule has 2 rings (SSSR count). The first kappa shape index (κ1) is 12.5. The second kappa shape index (κ2) is 6.72. The molecule has 1 N–H and O–H groups in total. The Morgan fingerprint density at radius 3 is 2.82 bits per heavy atom. The molecule has 92 valence electrons. The van der Waals surface area contributed by atoms with E-state index in [4.69, 9.17) is 4.74 Å². The summed E-state index contributed by atoms with van der Waals surface area (Å²) in [7, 11) is 0. The fraction of sp³-hybridized carbons (Fsp3) is 0.429. The van der Waals surface area contributed by atoms with E-state index in [1.807, 2.05) is 6.07 Å². The molecule has 0 bridgehead atoms. The number of hydrogen-bond donors (Lipinski definition) is 1. The maximum Gasteiger partial charge on any atom is 0.128 e. The van der Waals surface area contributed by atoms with Gasteiger partial charge in [-0.05, 0) is 12.1 Å². The molecular formula is C14H20NOS+. The standard InChI is InChI=1S/C14H19NOS/c1-2-9-16-14-6-4-3-5-13(14)12-15-7-10-17-11-8-15/h2-6H,1,7-12H2/p+1. The zero-order chi connectivity index (χ0) is 11.9. The van der Waals surface area contributed by atoms with E-state index in [1.165, 1.54) is 30.2 Å². The lowest BCUT2D eigenvalue weighted by atomic mass is 10.2. The van der Waals surface area contributed by atoms with Gasteiger partial charge in [0, 0.05) is 17.1 Å². The second-order valence-electron chi connectivity index (χ2n) is 4.25. The minimum atomic E-state index is 0.586. The number of ether oxygens (including phenoxy) is 1. The van der Waals surface area contributed by atoms with Gasteiger partial charge in [0.05, 0.1) is 13.1 Å². The van der Waals surface area contributed by atoms with Crippen LogP contribution in [0.15, 0.2) is 36.9 Å². The minimum Gasteiger partial charge on any atom is -0.489 e. The number of rotatable bonds is 5. The molecule has 0 amide bonds. The average molecular weight is 250 g/mol. The number of para-hydroxylation sites is 1. The largest absolute Gasteiger partial charge is 0.489 e. The summed E-state index contributed by atoms with van der Waals surface area (Å²) in [4.78, 5) is 1.67. The van der Waals surface area contributed by atoms with Crippen LogP contribution in [0, 0.1) is 0 Å². The van der Waals surface area contributed by atoms with Crippen LogP contribution in [-0.4, -0.2) is 31.2 Å². The van der Waals surface area contributed by atoms with Crippen molar-refractivity contribution < 1.29 is 9.64 Å². The highest BCUT2D eigenvalue weighted by Crippen LogP contribution is 2.17. The average Bonchev–Trinajstić information content (AvgIpc) is 2.39. The van der Waals surface area contributed by atoms with Gasteiger partial charge in [0.15, 0.2) is 0 Å². The van der Waals surface area contributed by atoms with Crippen molar-refractivity contribution in [3.8, 4) is 5.75 Å². The first-order valence-electron chi connectivity index (χ1n) is 6.13. The minimum absolute atomic E-state index is 0.586. The molecule has 0 atom stereocenters. The zero-order valence-electron chi connectivity index (χ0n) is 10.2. The second-order valence-corrected chi connectivity index (χ2v) is 5.47. The molecule has 2 nitrogen and oxygen atoms in total. The van der Waals surface area contributed by atoms with Gasteiger partial charge in [-0.2, -0.15) is 11.8 Å². The molecule has 1 aliphatic heterocycles. The molecule has 17 heavy (non-hydrogen) atoms. The number of thioether (sulfide) groups is 1. The van der Waals surface area contributed by atoms with Crippen molar-refractivity contribution >= 4 is 11.8 Å². The van der Waals surface area contributed by atoms with E-state index in [0.717, 1.165) is 12.3 Å². The van der Waals surface area contributed by atoms with Gasteiger partial charge in [0.2, 0.25) is 0 Å². The molecule has 3 heteroatoms. The van der Waals surface area contributed by atoms with Crippen LogP contribution in [0.1, 0.15) is 5.56 Å². The summed E-state index contributed by atoms with van der Waals surface area (Å²) in [5.41, 5.74) is 1.32. The Hall–Kier alpha value is -0.930. The summed E-state index contributed by atoms with van der Waals surface area (Å²) in [6, 6.07) is 8.35. The first-order valence-corrected chi connectivity index (χ1v) is 7.28. The molecule has 1 aliphatic rings. The van der Waals surface area contributed by atoms with Crippen LogP contribution >= 0.6 is 11.8 Å². The van der Waals surface area contributed by atoms with E-state index in [-0.39, 0.29) is 0 Å². The molecule has 1 fully saturated rings. The summed E-state index contributed by atoms with van der Waals surface area (Å²) in [6.45, 7) is 7.88. The summed E-state index contributed by atoms with van der Waals surface area (Å²) < 4.78 is 5.69. The summed E-state index contributed by atoms with van der Waals surface area (Å²) >= 11 is 2.06. The van der Waals surface area contributed by atoms with E-state index in [1.54, 1.807) is 11.0 Å². The fourth-order valence-corrected chi connectivity index (χ4v) is 3.12. The molecule has 1 aromatic carbocycles. The van der Waals surface area contributed by atoms with Crippen molar-refractivity contribution in [1.82, 2.24) is 0 Å². The Bertz CT molecular complexity index is 361. The predicted molar refractivity (Wildman–Crippen MR) is 73.9 cm³/mol. The van der Waals surface area contributed by atoms with Crippen LogP contribution in [0.5, 0.6) is 5.75 Å². The normalized spacial score (nSPS) is 16.7. The van der Waals surface area contributed by atoms with Crippen LogP contribution in [-0.2, 0) is 6.54 Å². The van der Waals surface area contributed by atoms with Crippen molar-refractivity contribution in [2.45, 2.75) is 6.54 Å². The van der Waals surface area contributed by atoms with Gasteiger partial charge in [-0.1, -0.05) is 24.8 Å². The monoisotopic (exact) mass is 250 g/mol.